The first kappa shape index (κ1) is 17.8. The topological polar surface area (TPSA) is 82.1 Å². The number of carbonyl (C=O) groups is 2. The first-order chi connectivity index (χ1) is 12.4. The van der Waals surface area contributed by atoms with Crippen molar-refractivity contribution in [2.24, 2.45) is 23.7 Å². The van der Waals surface area contributed by atoms with E-state index < -0.39 is 17.8 Å². The number of aromatic nitrogens is 1. The summed E-state index contributed by atoms with van der Waals surface area (Å²) in [6.07, 6.45) is 2.56. The van der Waals surface area contributed by atoms with Crippen LogP contribution in [0.1, 0.15) is 19.3 Å². The van der Waals surface area contributed by atoms with Gasteiger partial charge in [0.2, 0.25) is 5.91 Å². The van der Waals surface area contributed by atoms with E-state index in [9.17, 15) is 14.7 Å². The number of rotatable bonds is 4. The number of carboxylic acids is 1. The average Bonchev–Trinajstić information content (AvgIpc) is 3.32. The lowest BCUT2D eigenvalue weighted by Crippen LogP contribution is -2.43. The van der Waals surface area contributed by atoms with Crippen LogP contribution in [-0.4, -0.2) is 16.9 Å². The molecule has 0 saturated heterocycles. The third-order valence-corrected chi connectivity index (χ3v) is 6.94. The van der Waals surface area contributed by atoms with Crippen LogP contribution in [0.4, 0.5) is 5.13 Å². The van der Waals surface area contributed by atoms with Gasteiger partial charge in [0.1, 0.15) is 0 Å². The number of fused-ring (bicyclic) bond motifs is 2. The lowest BCUT2D eigenvalue weighted by Gasteiger charge is -2.30. The minimum atomic E-state index is -1.12. The van der Waals surface area contributed by atoms with Crippen molar-refractivity contribution in [3.63, 3.8) is 0 Å². The minimum Gasteiger partial charge on any atom is -0.550 e. The summed E-state index contributed by atoms with van der Waals surface area (Å²) >= 11 is 13.2. The zero-order valence-corrected chi connectivity index (χ0v) is 15.9. The molecule has 1 aromatic heterocycles. The molecule has 2 fully saturated rings. The number of nitrogens with zero attached hydrogens (tertiary/aromatic N) is 1. The standard InChI is InChI=1S/C18H16Cl2N2O3S/c19-11-4-3-8(6-12(11)20)13-7-26-18(21-13)22-16(23)14-9-1-2-10(5-9)15(14)17(24)25/h3-4,6-7,9-10,14-15H,1-2,5H2,(H,24,25)(H,21,22,23)/p-1/t9-,10-,14+,15-/m0/s1. The van der Waals surface area contributed by atoms with Gasteiger partial charge in [0.15, 0.2) is 5.13 Å². The van der Waals surface area contributed by atoms with Crippen LogP contribution in [0.3, 0.4) is 0 Å². The lowest BCUT2D eigenvalue weighted by molar-refractivity contribution is -0.314. The molecular weight excluding hydrogens is 395 g/mol. The number of halogens is 2. The van der Waals surface area contributed by atoms with Crippen molar-refractivity contribution >= 4 is 51.5 Å². The monoisotopic (exact) mass is 409 g/mol. The summed E-state index contributed by atoms with van der Waals surface area (Å²) in [6.45, 7) is 0. The Balaban J connectivity index is 1.51. The van der Waals surface area contributed by atoms with Gasteiger partial charge < -0.3 is 15.2 Å². The fraction of sp³-hybridized carbons (Fsp3) is 0.389. The van der Waals surface area contributed by atoms with Gasteiger partial charge in [-0.15, -0.1) is 11.3 Å². The maximum absolute atomic E-state index is 12.7. The summed E-state index contributed by atoms with van der Waals surface area (Å²) < 4.78 is 0. The maximum Gasteiger partial charge on any atom is 0.230 e. The van der Waals surface area contributed by atoms with Gasteiger partial charge in [-0.3, -0.25) is 4.79 Å². The highest BCUT2D eigenvalue weighted by atomic mass is 35.5. The molecule has 136 valence electrons. The summed E-state index contributed by atoms with van der Waals surface area (Å²) in [7, 11) is 0. The second kappa shape index (κ2) is 6.83. The molecule has 4 rings (SSSR count). The number of amides is 1. The quantitative estimate of drug-likeness (QED) is 0.837. The van der Waals surface area contributed by atoms with Crippen LogP contribution in [0.5, 0.6) is 0 Å². The van der Waals surface area contributed by atoms with E-state index in [0.29, 0.717) is 20.9 Å². The molecule has 2 aliphatic rings. The van der Waals surface area contributed by atoms with E-state index in [-0.39, 0.29) is 17.7 Å². The van der Waals surface area contributed by atoms with Crippen LogP contribution in [0, 0.1) is 23.7 Å². The van der Waals surface area contributed by atoms with Crippen LogP contribution in [0.15, 0.2) is 23.6 Å². The van der Waals surface area contributed by atoms with E-state index in [1.165, 1.54) is 11.3 Å². The molecule has 2 aliphatic carbocycles. The second-order valence-corrected chi connectivity index (χ2v) is 8.53. The predicted octanol–water partition coefficient (Wildman–Crippen LogP) is 3.47. The summed E-state index contributed by atoms with van der Waals surface area (Å²) in [5, 5.41) is 17.4. The second-order valence-electron chi connectivity index (χ2n) is 6.86. The zero-order valence-electron chi connectivity index (χ0n) is 13.6. The molecule has 8 heteroatoms. The van der Waals surface area contributed by atoms with Crippen LogP contribution in [-0.2, 0) is 9.59 Å². The van der Waals surface area contributed by atoms with Gasteiger partial charge >= 0.3 is 0 Å². The Morgan fingerprint density at radius 3 is 2.58 bits per heavy atom. The van der Waals surface area contributed by atoms with Gasteiger partial charge in [-0.2, -0.15) is 0 Å². The molecular formula is C18H15Cl2N2O3S-. The number of hydrogen-bond acceptors (Lipinski definition) is 5. The smallest absolute Gasteiger partial charge is 0.230 e. The molecule has 2 saturated carbocycles. The molecule has 1 N–H and O–H groups in total. The molecule has 26 heavy (non-hydrogen) atoms. The number of carboxylic acid groups (broad SMARTS) is 1. The Morgan fingerprint density at radius 2 is 1.88 bits per heavy atom. The fourth-order valence-corrected chi connectivity index (χ4v) is 5.34. The summed E-state index contributed by atoms with van der Waals surface area (Å²) in [6, 6.07) is 5.21. The van der Waals surface area contributed by atoms with E-state index in [1.54, 1.807) is 18.2 Å². The molecule has 1 aromatic carbocycles. The Labute approximate surface area is 164 Å². The van der Waals surface area contributed by atoms with Crippen molar-refractivity contribution in [1.82, 2.24) is 4.98 Å². The zero-order chi connectivity index (χ0) is 18.4. The molecule has 1 heterocycles. The van der Waals surface area contributed by atoms with Crippen molar-refractivity contribution < 1.29 is 14.7 Å². The third kappa shape index (κ3) is 3.10. The Bertz CT molecular complexity index is 885. The van der Waals surface area contributed by atoms with Gasteiger partial charge in [-0.25, -0.2) is 4.98 Å². The SMILES string of the molecule is O=C(Nc1nc(-c2ccc(Cl)c(Cl)c2)cs1)[C@@H]1[C@H]2CC[C@@H](C2)[C@@H]1C(=O)[O-]. The van der Waals surface area contributed by atoms with E-state index in [1.807, 2.05) is 5.38 Å². The van der Waals surface area contributed by atoms with E-state index in [0.717, 1.165) is 24.8 Å². The van der Waals surface area contributed by atoms with Crippen molar-refractivity contribution in [3.05, 3.63) is 33.6 Å². The number of hydrogen-bond donors (Lipinski definition) is 1. The van der Waals surface area contributed by atoms with Gasteiger partial charge in [-0.1, -0.05) is 29.3 Å². The molecule has 0 unspecified atom stereocenters. The van der Waals surface area contributed by atoms with Crippen molar-refractivity contribution in [1.29, 1.82) is 0 Å². The maximum atomic E-state index is 12.7. The summed E-state index contributed by atoms with van der Waals surface area (Å²) in [5.74, 6) is -2.44. The highest BCUT2D eigenvalue weighted by molar-refractivity contribution is 7.14. The lowest BCUT2D eigenvalue weighted by atomic mass is 9.79. The molecule has 0 radical (unpaired) electrons. The van der Waals surface area contributed by atoms with Gasteiger partial charge in [0, 0.05) is 28.7 Å². The normalized spacial score (nSPS) is 26.8. The number of benzene rings is 1. The van der Waals surface area contributed by atoms with Crippen LogP contribution >= 0.6 is 34.5 Å². The molecule has 4 atom stereocenters. The van der Waals surface area contributed by atoms with E-state index in [4.69, 9.17) is 23.2 Å². The van der Waals surface area contributed by atoms with Crippen molar-refractivity contribution in [2.75, 3.05) is 5.32 Å². The number of thiazole rings is 1. The third-order valence-electron chi connectivity index (χ3n) is 5.44. The fourth-order valence-electron chi connectivity index (χ4n) is 4.32. The minimum absolute atomic E-state index is 0.0591. The Morgan fingerprint density at radius 1 is 1.15 bits per heavy atom. The Kier molecular flexibility index (Phi) is 4.67. The van der Waals surface area contributed by atoms with Crippen LogP contribution < -0.4 is 10.4 Å². The number of nitrogens with one attached hydrogen (secondary N) is 1. The molecule has 0 aliphatic heterocycles. The number of carbonyl (C=O) groups excluding carboxylic acids is 2. The van der Waals surface area contributed by atoms with Crippen LogP contribution in [0.2, 0.25) is 10.0 Å². The highest BCUT2D eigenvalue weighted by Gasteiger charge is 2.51. The van der Waals surface area contributed by atoms with Gasteiger partial charge in [0.05, 0.1) is 15.7 Å². The molecule has 0 spiro atoms. The largest absolute Gasteiger partial charge is 0.550 e. The van der Waals surface area contributed by atoms with Crippen molar-refractivity contribution in [3.8, 4) is 11.3 Å². The van der Waals surface area contributed by atoms with Gasteiger partial charge in [-0.05, 0) is 43.2 Å². The number of aliphatic carboxylic acids is 1. The molecule has 5 nitrogen and oxygen atoms in total. The van der Waals surface area contributed by atoms with Crippen molar-refractivity contribution in [2.45, 2.75) is 19.3 Å². The van der Waals surface area contributed by atoms with E-state index >= 15 is 0 Å². The summed E-state index contributed by atoms with van der Waals surface area (Å²) in [5.41, 5.74) is 1.47. The predicted molar refractivity (Wildman–Crippen MR) is 99.0 cm³/mol. The highest BCUT2D eigenvalue weighted by Crippen LogP contribution is 2.52. The number of anilines is 1. The van der Waals surface area contributed by atoms with Gasteiger partial charge in [0.25, 0.3) is 0 Å². The first-order valence-electron chi connectivity index (χ1n) is 8.36. The van der Waals surface area contributed by atoms with E-state index in [2.05, 4.69) is 10.3 Å². The average molecular weight is 410 g/mol. The molecule has 2 bridgehead atoms. The first-order valence-corrected chi connectivity index (χ1v) is 10.0. The van der Waals surface area contributed by atoms with Crippen LogP contribution in [0.25, 0.3) is 11.3 Å². The summed E-state index contributed by atoms with van der Waals surface area (Å²) in [4.78, 5) is 28.6. The molecule has 1 amide bonds. The molecule has 2 aromatic rings. The Hall–Kier alpha value is -1.63.